The number of carbonyl (C=O) groups is 1. The average molecular weight is 264 g/mol. The Labute approximate surface area is 108 Å². The summed E-state index contributed by atoms with van der Waals surface area (Å²) in [5.41, 5.74) is 11.3. The molecule has 0 spiro atoms. The highest BCUT2D eigenvalue weighted by molar-refractivity contribution is 7.81. The summed E-state index contributed by atoms with van der Waals surface area (Å²) in [5, 5.41) is 8.46. The lowest BCUT2D eigenvalue weighted by molar-refractivity contribution is -0.137. The Morgan fingerprint density at radius 2 is 2.12 bits per heavy atom. The van der Waals surface area contributed by atoms with Crippen LogP contribution >= 0.6 is 12.6 Å². The Balaban J connectivity index is 3.98. The van der Waals surface area contributed by atoms with E-state index in [4.69, 9.17) is 21.3 Å². The second-order valence-electron chi connectivity index (χ2n) is 4.17. The van der Waals surface area contributed by atoms with Crippen molar-refractivity contribution in [1.29, 1.82) is 0 Å². The molecule has 0 saturated heterocycles. The van der Waals surface area contributed by atoms with Crippen molar-refractivity contribution in [2.75, 3.05) is 13.2 Å². The number of ether oxygens (including phenoxy) is 1. The molecule has 0 rings (SSSR count). The van der Waals surface area contributed by atoms with Crippen LogP contribution in [0.1, 0.15) is 32.6 Å². The van der Waals surface area contributed by atoms with Gasteiger partial charge in [0.05, 0.1) is 12.8 Å². The summed E-state index contributed by atoms with van der Waals surface area (Å²) in [6.07, 6.45) is 2.06. The predicted octanol–water partition coefficient (Wildman–Crippen LogP) is 0.826. The van der Waals surface area contributed by atoms with Gasteiger partial charge in [0.25, 0.3) is 0 Å². The van der Waals surface area contributed by atoms with Gasteiger partial charge in [0.15, 0.2) is 0 Å². The fourth-order valence-electron chi connectivity index (χ4n) is 1.43. The zero-order chi connectivity index (χ0) is 13.3. The van der Waals surface area contributed by atoms with Crippen LogP contribution in [0, 0.1) is 5.92 Å². The number of nitrogens with two attached hydrogens (primary N) is 2. The summed E-state index contributed by atoms with van der Waals surface area (Å²) in [6, 6.07) is 0. The molecule has 0 aliphatic heterocycles. The van der Waals surface area contributed by atoms with Crippen molar-refractivity contribution in [2.24, 2.45) is 17.4 Å². The summed E-state index contributed by atoms with van der Waals surface area (Å²) >= 11 is 4.36. The maximum Gasteiger partial charge on any atom is 0.303 e. The van der Waals surface area contributed by atoms with Crippen molar-refractivity contribution in [2.45, 2.75) is 44.0 Å². The van der Waals surface area contributed by atoms with Gasteiger partial charge in [0.1, 0.15) is 0 Å². The van der Waals surface area contributed by atoms with E-state index < -0.39 is 12.1 Å². The molecular formula is C11H24N2O3S. The molecule has 17 heavy (non-hydrogen) atoms. The van der Waals surface area contributed by atoms with Crippen LogP contribution in [0.2, 0.25) is 0 Å². The largest absolute Gasteiger partial charge is 0.481 e. The number of rotatable bonds is 10. The van der Waals surface area contributed by atoms with Crippen LogP contribution in [0.5, 0.6) is 0 Å². The van der Waals surface area contributed by atoms with Crippen LogP contribution in [-0.4, -0.2) is 35.7 Å². The molecule has 0 aromatic carbocycles. The number of hydrogen-bond acceptors (Lipinski definition) is 5. The number of hydrogen-bond donors (Lipinski definition) is 4. The molecule has 102 valence electrons. The Morgan fingerprint density at radius 3 is 2.59 bits per heavy atom. The summed E-state index contributed by atoms with van der Waals surface area (Å²) in [7, 11) is 0. The fraction of sp³-hybridized carbons (Fsp3) is 0.909. The predicted molar refractivity (Wildman–Crippen MR) is 71.0 cm³/mol. The highest BCUT2D eigenvalue weighted by Gasteiger charge is 2.23. The normalized spacial score (nSPS) is 14.9. The van der Waals surface area contributed by atoms with E-state index in [9.17, 15) is 4.79 Å². The van der Waals surface area contributed by atoms with Gasteiger partial charge in [-0.1, -0.05) is 13.3 Å². The second-order valence-corrected chi connectivity index (χ2v) is 4.83. The van der Waals surface area contributed by atoms with Crippen LogP contribution in [-0.2, 0) is 9.53 Å². The van der Waals surface area contributed by atoms with Gasteiger partial charge >= 0.3 is 5.97 Å². The van der Waals surface area contributed by atoms with Crippen LogP contribution in [0.3, 0.4) is 0 Å². The molecule has 0 fully saturated rings. The lowest BCUT2D eigenvalue weighted by atomic mass is 9.99. The Morgan fingerprint density at radius 1 is 1.47 bits per heavy atom. The summed E-state index contributed by atoms with van der Waals surface area (Å²) in [6.45, 7) is 3.20. The van der Waals surface area contributed by atoms with E-state index in [2.05, 4.69) is 19.6 Å². The van der Waals surface area contributed by atoms with E-state index >= 15 is 0 Å². The summed E-state index contributed by atoms with van der Waals surface area (Å²) in [4.78, 5) is 10.5. The Bertz CT molecular complexity index is 215. The first-order valence-corrected chi connectivity index (χ1v) is 6.49. The van der Waals surface area contributed by atoms with Crippen molar-refractivity contribution in [1.82, 2.24) is 0 Å². The second kappa shape index (κ2) is 9.70. The highest BCUT2D eigenvalue weighted by Crippen LogP contribution is 2.18. The van der Waals surface area contributed by atoms with Gasteiger partial charge in [0.2, 0.25) is 0 Å². The minimum absolute atomic E-state index is 0.0757. The lowest BCUT2D eigenvalue weighted by Gasteiger charge is -2.26. The van der Waals surface area contributed by atoms with Gasteiger partial charge < -0.3 is 21.3 Å². The number of carboxylic acids is 1. The first kappa shape index (κ1) is 16.7. The third kappa shape index (κ3) is 8.43. The van der Waals surface area contributed by atoms with Crippen molar-refractivity contribution in [3.8, 4) is 0 Å². The van der Waals surface area contributed by atoms with Crippen LogP contribution in [0.15, 0.2) is 0 Å². The molecule has 0 bridgehead atoms. The molecule has 0 aliphatic rings. The highest BCUT2D eigenvalue weighted by atomic mass is 32.1. The minimum Gasteiger partial charge on any atom is -0.481 e. The molecular weight excluding hydrogens is 240 g/mol. The number of unbranched alkanes of at least 4 members (excludes halogenated alkanes) is 1. The molecule has 0 aromatic rings. The SMILES string of the molecule is CCCCOCC(C(N)N)C(S)CCC(=O)O. The molecule has 5 N–H and O–H groups in total. The van der Waals surface area contributed by atoms with E-state index in [1.807, 2.05) is 0 Å². The number of aliphatic carboxylic acids is 1. The Hall–Kier alpha value is -0.300. The smallest absolute Gasteiger partial charge is 0.303 e. The standard InChI is InChI=1S/C11H24N2O3S/c1-2-3-6-16-7-8(11(12)13)9(17)4-5-10(14)15/h8-9,11,17H,2-7,12-13H2,1H3,(H,14,15). The first-order valence-electron chi connectivity index (χ1n) is 5.97. The zero-order valence-electron chi connectivity index (χ0n) is 10.3. The average Bonchev–Trinajstić information content (AvgIpc) is 2.25. The quantitative estimate of drug-likeness (QED) is 0.266. The summed E-state index contributed by atoms with van der Waals surface area (Å²) in [5.74, 6) is -0.949. The van der Waals surface area contributed by atoms with Crippen molar-refractivity contribution < 1.29 is 14.6 Å². The number of carboxylic acid groups (broad SMARTS) is 1. The van der Waals surface area contributed by atoms with Gasteiger partial charge in [-0.15, -0.1) is 0 Å². The van der Waals surface area contributed by atoms with Gasteiger partial charge in [-0.25, -0.2) is 0 Å². The van der Waals surface area contributed by atoms with Gasteiger partial charge in [0, 0.05) is 24.2 Å². The molecule has 0 aliphatic carbocycles. The number of thiol groups is 1. The maximum absolute atomic E-state index is 10.5. The van der Waals surface area contributed by atoms with Crippen LogP contribution < -0.4 is 11.5 Å². The zero-order valence-corrected chi connectivity index (χ0v) is 11.2. The van der Waals surface area contributed by atoms with Crippen LogP contribution in [0.25, 0.3) is 0 Å². The van der Waals surface area contributed by atoms with E-state index in [1.54, 1.807) is 0 Å². The lowest BCUT2D eigenvalue weighted by Crippen LogP contribution is -2.45. The third-order valence-electron chi connectivity index (χ3n) is 2.60. The summed E-state index contributed by atoms with van der Waals surface area (Å²) < 4.78 is 5.47. The molecule has 0 heterocycles. The topological polar surface area (TPSA) is 98.6 Å². The van der Waals surface area contributed by atoms with Gasteiger partial charge in [-0.05, 0) is 12.8 Å². The molecule has 2 atom stereocenters. The van der Waals surface area contributed by atoms with Crippen molar-refractivity contribution in [3.05, 3.63) is 0 Å². The molecule has 0 radical (unpaired) electrons. The molecule has 0 amide bonds. The van der Waals surface area contributed by atoms with Crippen molar-refractivity contribution >= 4 is 18.6 Å². The van der Waals surface area contributed by atoms with E-state index in [0.717, 1.165) is 12.8 Å². The molecule has 0 aromatic heterocycles. The fourth-order valence-corrected chi connectivity index (χ4v) is 1.84. The third-order valence-corrected chi connectivity index (χ3v) is 3.24. The van der Waals surface area contributed by atoms with E-state index in [-0.39, 0.29) is 17.6 Å². The molecule has 5 nitrogen and oxygen atoms in total. The Kier molecular flexibility index (Phi) is 9.53. The maximum atomic E-state index is 10.5. The van der Waals surface area contributed by atoms with E-state index in [0.29, 0.717) is 19.6 Å². The monoisotopic (exact) mass is 264 g/mol. The van der Waals surface area contributed by atoms with Crippen LogP contribution in [0.4, 0.5) is 0 Å². The molecule has 0 saturated carbocycles. The van der Waals surface area contributed by atoms with Crippen molar-refractivity contribution in [3.63, 3.8) is 0 Å². The van der Waals surface area contributed by atoms with E-state index in [1.165, 1.54) is 0 Å². The van der Waals surface area contributed by atoms with Gasteiger partial charge in [-0.2, -0.15) is 12.6 Å². The van der Waals surface area contributed by atoms with Gasteiger partial charge in [-0.3, -0.25) is 4.79 Å². The molecule has 6 heteroatoms. The first-order chi connectivity index (χ1) is 7.99. The molecule has 2 unspecified atom stereocenters. The minimum atomic E-state index is -0.833.